The molecule has 10 heteroatoms. The maximum atomic E-state index is 11.7. The third kappa shape index (κ3) is 4.06. The highest BCUT2D eigenvalue weighted by atomic mass is 35.5. The predicted molar refractivity (Wildman–Crippen MR) is 107 cm³/mol. The monoisotopic (exact) mass is 421 g/mol. The van der Waals surface area contributed by atoms with Crippen molar-refractivity contribution in [3.8, 4) is 5.75 Å². The van der Waals surface area contributed by atoms with E-state index in [0.717, 1.165) is 10.6 Å². The number of hydrogen-bond acceptors (Lipinski definition) is 8. The van der Waals surface area contributed by atoms with Gasteiger partial charge in [0, 0.05) is 4.90 Å². The molecule has 0 spiro atoms. The molecule has 0 unspecified atom stereocenters. The fourth-order valence-corrected chi connectivity index (χ4v) is 4.84. The van der Waals surface area contributed by atoms with Gasteiger partial charge in [0.25, 0.3) is 0 Å². The zero-order chi connectivity index (χ0) is 18.8. The number of hydrogen-bond donors (Lipinski definition) is 0. The molecule has 0 amide bonds. The highest BCUT2D eigenvalue weighted by molar-refractivity contribution is 7.99. The van der Waals surface area contributed by atoms with Gasteiger partial charge in [0.05, 0.1) is 20.2 Å². The lowest BCUT2D eigenvalue weighted by molar-refractivity contribution is 0.414. The summed E-state index contributed by atoms with van der Waals surface area (Å²) in [6.45, 7) is 1.31. The first kappa shape index (κ1) is 18.5. The van der Waals surface area contributed by atoms with E-state index in [9.17, 15) is 4.55 Å². The molecule has 3 heterocycles. The topological polar surface area (TPSA) is 87.1 Å². The molecule has 1 saturated heterocycles. The van der Waals surface area contributed by atoms with Crippen LogP contribution in [0.15, 0.2) is 40.5 Å². The molecule has 27 heavy (non-hydrogen) atoms. The minimum atomic E-state index is -0.773. The van der Waals surface area contributed by atoms with E-state index in [1.54, 1.807) is 7.11 Å². The Labute approximate surface area is 168 Å². The van der Waals surface area contributed by atoms with Crippen LogP contribution in [0.3, 0.4) is 0 Å². The first-order valence-corrected chi connectivity index (χ1v) is 10.9. The summed E-state index contributed by atoms with van der Waals surface area (Å²) in [5.41, 5.74) is 1.26. The second kappa shape index (κ2) is 8.05. The number of ether oxygens (including phenoxy) is 1. The number of aromatic nitrogens is 4. The van der Waals surface area contributed by atoms with Gasteiger partial charge in [-0.3, -0.25) is 0 Å². The molecule has 0 radical (unpaired) electrons. The first-order chi connectivity index (χ1) is 13.1. The van der Waals surface area contributed by atoms with E-state index in [1.807, 2.05) is 24.3 Å². The summed E-state index contributed by atoms with van der Waals surface area (Å²) in [5.74, 6) is 2.69. The van der Waals surface area contributed by atoms with Gasteiger partial charge in [0.1, 0.15) is 39.6 Å². The van der Waals surface area contributed by atoms with Gasteiger partial charge in [-0.2, -0.15) is 4.98 Å². The van der Waals surface area contributed by atoms with Crippen molar-refractivity contribution in [3.63, 3.8) is 0 Å². The van der Waals surface area contributed by atoms with Gasteiger partial charge in [0.15, 0.2) is 5.82 Å². The number of fused-ring (bicyclic) bond motifs is 1. The van der Waals surface area contributed by atoms with E-state index in [0.29, 0.717) is 46.5 Å². The predicted octanol–water partition coefficient (Wildman–Crippen LogP) is 2.80. The fraction of sp³-hybridized carbons (Fsp3) is 0.294. The highest BCUT2D eigenvalue weighted by Crippen LogP contribution is 2.34. The van der Waals surface area contributed by atoms with Gasteiger partial charge in [-0.25, -0.2) is 15.0 Å². The molecule has 0 atom stereocenters. The van der Waals surface area contributed by atoms with Crippen LogP contribution in [0.2, 0.25) is 5.28 Å². The molecular formula is C17H16ClN5O2S2. The standard InChI is InChI=1S/C17H16ClN5O2S2/c1-25-11-2-4-12(5-3-11)26-16-14-13(19-10-20-16)15(22-17(18)21-14)23-6-8-27(24)9-7-23/h2-5,10H,6-9H2,1H3. The maximum absolute atomic E-state index is 11.7. The van der Waals surface area contributed by atoms with E-state index in [1.165, 1.54) is 18.1 Å². The SMILES string of the molecule is COc1ccc(Sc2ncnc3c(N4CC[S+]([O-])CC4)nc(Cl)nc23)cc1. The summed E-state index contributed by atoms with van der Waals surface area (Å²) in [6, 6.07) is 7.71. The lowest BCUT2D eigenvalue weighted by Gasteiger charge is -2.29. The van der Waals surface area contributed by atoms with E-state index in [4.69, 9.17) is 16.3 Å². The largest absolute Gasteiger partial charge is 0.616 e. The molecule has 140 valence electrons. The average molecular weight is 422 g/mol. The van der Waals surface area contributed by atoms with Crippen molar-refractivity contribution >= 4 is 51.4 Å². The third-order valence-electron chi connectivity index (χ3n) is 4.15. The quantitative estimate of drug-likeness (QED) is 0.361. The van der Waals surface area contributed by atoms with Crippen LogP contribution in [0.1, 0.15) is 0 Å². The number of methoxy groups -OCH3 is 1. The van der Waals surface area contributed by atoms with Crippen LogP contribution < -0.4 is 9.64 Å². The smallest absolute Gasteiger partial charge is 0.225 e. The van der Waals surface area contributed by atoms with Crippen molar-refractivity contribution in [1.82, 2.24) is 19.9 Å². The lowest BCUT2D eigenvalue weighted by Crippen LogP contribution is -2.41. The summed E-state index contributed by atoms with van der Waals surface area (Å²) >= 11 is 6.90. The van der Waals surface area contributed by atoms with Gasteiger partial charge in [-0.15, -0.1) is 0 Å². The lowest BCUT2D eigenvalue weighted by atomic mass is 10.3. The summed E-state index contributed by atoms with van der Waals surface area (Å²) in [4.78, 5) is 20.6. The van der Waals surface area contributed by atoms with Crippen LogP contribution in [-0.4, -0.2) is 56.2 Å². The van der Waals surface area contributed by atoms with Crippen LogP contribution in [-0.2, 0) is 11.2 Å². The van der Waals surface area contributed by atoms with E-state index in [2.05, 4.69) is 24.8 Å². The Morgan fingerprint density at radius 1 is 1.11 bits per heavy atom. The van der Waals surface area contributed by atoms with Crippen molar-refractivity contribution in [2.45, 2.75) is 9.92 Å². The Morgan fingerprint density at radius 3 is 2.56 bits per heavy atom. The van der Waals surface area contributed by atoms with Gasteiger partial charge >= 0.3 is 0 Å². The molecule has 2 aromatic heterocycles. The molecule has 7 nitrogen and oxygen atoms in total. The minimum Gasteiger partial charge on any atom is -0.616 e. The van der Waals surface area contributed by atoms with Crippen molar-refractivity contribution < 1.29 is 9.29 Å². The Hall–Kier alpha value is -1.81. The highest BCUT2D eigenvalue weighted by Gasteiger charge is 2.24. The van der Waals surface area contributed by atoms with E-state index in [-0.39, 0.29) is 5.28 Å². The Bertz CT molecular complexity index is 952. The van der Waals surface area contributed by atoms with Gasteiger partial charge in [-0.1, -0.05) is 22.9 Å². The summed E-state index contributed by atoms with van der Waals surface area (Å²) in [7, 11) is 1.64. The van der Waals surface area contributed by atoms with Gasteiger partial charge in [0.2, 0.25) is 5.28 Å². The van der Waals surface area contributed by atoms with Crippen molar-refractivity contribution in [1.29, 1.82) is 0 Å². The molecule has 1 aromatic carbocycles. The summed E-state index contributed by atoms with van der Waals surface area (Å²) in [5, 5.41) is 0.854. The molecule has 1 aliphatic heterocycles. The molecular weight excluding hydrogens is 406 g/mol. The zero-order valence-corrected chi connectivity index (χ0v) is 16.9. The molecule has 0 aliphatic carbocycles. The van der Waals surface area contributed by atoms with Crippen LogP contribution in [0.5, 0.6) is 5.75 Å². The Morgan fingerprint density at radius 2 is 1.85 bits per heavy atom. The van der Waals surface area contributed by atoms with Crippen LogP contribution >= 0.6 is 23.4 Å². The molecule has 1 aliphatic rings. The molecule has 0 N–H and O–H groups in total. The molecule has 4 rings (SSSR count). The van der Waals surface area contributed by atoms with Gasteiger partial charge in [-0.05, 0) is 35.9 Å². The van der Waals surface area contributed by atoms with Crippen LogP contribution in [0.25, 0.3) is 11.0 Å². The second-order valence-electron chi connectivity index (χ2n) is 5.80. The Kier molecular flexibility index (Phi) is 5.53. The van der Waals surface area contributed by atoms with Crippen molar-refractivity contribution in [3.05, 3.63) is 35.9 Å². The normalized spacial score (nSPS) is 15.3. The minimum absolute atomic E-state index is 0.149. The average Bonchev–Trinajstić information content (AvgIpc) is 2.69. The van der Waals surface area contributed by atoms with E-state index >= 15 is 0 Å². The maximum Gasteiger partial charge on any atom is 0.225 e. The zero-order valence-electron chi connectivity index (χ0n) is 14.5. The number of rotatable bonds is 4. The third-order valence-corrected chi connectivity index (χ3v) is 6.60. The molecule has 0 bridgehead atoms. The molecule has 3 aromatic rings. The van der Waals surface area contributed by atoms with Crippen LogP contribution in [0, 0.1) is 0 Å². The number of anilines is 1. The molecule has 1 fully saturated rings. The summed E-state index contributed by atoms with van der Waals surface area (Å²) in [6.07, 6.45) is 1.51. The fourth-order valence-electron chi connectivity index (χ4n) is 2.78. The van der Waals surface area contributed by atoms with Crippen LogP contribution in [0.4, 0.5) is 5.82 Å². The Balaban J connectivity index is 1.71. The van der Waals surface area contributed by atoms with Gasteiger partial charge < -0.3 is 14.2 Å². The van der Waals surface area contributed by atoms with Crippen molar-refractivity contribution in [2.24, 2.45) is 0 Å². The summed E-state index contributed by atoms with van der Waals surface area (Å²) < 4.78 is 16.9. The first-order valence-electron chi connectivity index (χ1n) is 8.24. The van der Waals surface area contributed by atoms with Crippen molar-refractivity contribution in [2.75, 3.05) is 36.6 Å². The number of halogens is 1. The van der Waals surface area contributed by atoms with E-state index < -0.39 is 11.2 Å². The number of benzene rings is 1. The number of nitrogens with zero attached hydrogens (tertiary/aromatic N) is 5. The molecule has 0 saturated carbocycles. The second-order valence-corrected chi connectivity index (χ2v) is 8.90.